The smallest absolute Gasteiger partial charge is 0.272 e. The zero-order valence-corrected chi connectivity index (χ0v) is 19.9. The number of nitrogens with zero attached hydrogens (tertiary/aromatic N) is 6. The van der Waals surface area contributed by atoms with Crippen molar-refractivity contribution in [2.24, 2.45) is 5.92 Å². The Morgan fingerprint density at radius 1 is 1.11 bits per heavy atom. The fourth-order valence-corrected chi connectivity index (χ4v) is 4.20. The van der Waals surface area contributed by atoms with Crippen LogP contribution in [0.4, 0.5) is 0 Å². The normalized spacial score (nSPS) is 12.2. The highest BCUT2D eigenvalue weighted by molar-refractivity contribution is 6.31. The highest BCUT2D eigenvalue weighted by Gasteiger charge is 2.24. The average Bonchev–Trinajstić information content (AvgIpc) is 3.54. The summed E-state index contributed by atoms with van der Waals surface area (Å²) in [5.41, 5.74) is 3.51. The van der Waals surface area contributed by atoms with E-state index in [1.807, 2.05) is 48.5 Å². The highest BCUT2D eigenvalue weighted by atomic mass is 35.5. The Balaban J connectivity index is 1.59. The van der Waals surface area contributed by atoms with E-state index in [1.54, 1.807) is 23.0 Å². The lowest BCUT2D eigenvalue weighted by atomic mass is 10.0. The molecule has 3 heterocycles. The van der Waals surface area contributed by atoms with Crippen molar-refractivity contribution in [1.82, 2.24) is 40.7 Å². The number of fused-ring (bicyclic) bond motifs is 1. The number of aromatic amines is 1. The molecule has 0 bridgehead atoms. The van der Waals surface area contributed by atoms with Gasteiger partial charge in [0.25, 0.3) is 5.91 Å². The van der Waals surface area contributed by atoms with Gasteiger partial charge in [-0.3, -0.25) is 9.78 Å². The minimum absolute atomic E-state index is 0.278. The molecule has 2 aromatic carbocycles. The number of amides is 1. The molecule has 0 aliphatic rings. The Bertz CT molecular complexity index is 1460. The van der Waals surface area contributed by atoms with Crippen LogP contribution in [0.3, 0.4) is 0 Å². The maximum Gasteiger partial charge on any atom is 0.272 e. The van der Waals surface area contributed by atoms with Gasteiger partial charge in [0.2, 0.25) is 0 Å². The van der Waals surface area contributed by atoms with Gasteiger partial charge >= 0.3 is 0 Å². The lowest BCUT2D eigenvalue weighted by Gasteiger charge is -2.16. The number of rotatable bonds is 7. The Morgan fingerprint density at radius 3 is 2.69 bits per heavy atom. The Morgan fingerprint density at radius 2 is 1.94 bits per heavy atom. The van der Waals surface area contributed by atoms with Gasteiger partial charge in [0.05, 0.1) is 22.9 Å². The van der Waals surface area contributed by atoms with Gasteiger partial charge in [-0.2, -0.15) is 10.3 Å². The highest BCUT2D eigenvalue weighted by Crippen LogP contribution is 2.29. The summed E-state index contributed by atoms with van der Waals surface area (Å²) in [6, 6.07) is 18.6. The third-order valence-electron chi connectivity index (χ3n) is 5.61. The summed E-state index contributed by atoms with van der Waals surface area (Å²) in [5.74, 6) is 0.427. The average molecular weight is 487 g/mol. The first kappa shape index (κ1) is 22.7. The Kier molecular flexibility index (Phi) is 6.24. The molecule has 3 aromatic heterocycles. The summed E-state index contributed by atoms with van der Waals surface area (Å²) in [6.07, 6.45) is 2.37. The number of H-pyrrole nitrogens is 1. The molecule has 5 rings (SSSR count). The number of hydrogen-bond donors (Lipinski definition) is 2. The summed E-state index contributed by atoms with van der Waals surface area (Å²) in [4.78, 5) is 17.8. The van der Waals surface area contributed by atoms with Gasteiger partial charge in [0.1, 0.15) is 0 Å². The molecule has 0 unspecified atom stereocenters. The van der Waals surface area contributed by atoms with Crippen molar-refractivity contribution in [3.8, 4) is 16.9 Å². The van der Waals surface area contributed by atoms with Crippen molar-refractivity contribution in [1.29, 1.82) is 0 Å². The molecule has 10 heteroatoms. The van der Waals surface area contributed by atoms with E-state index in [0.29, 0.717) is 23.2 Å². The van der Waals surface area contributed by atoms with Gasteiger partial charge in [0, 0.05) is 22.2 Å². The largest absolute Gasteiger partial charge is 0.340 e. The van der Waals surface area contributed by atoms with E-state index in [2.05, 4.69) is 44.8 Å². The minimum Gasteiger partial charge on any atom is -0.340 e. The standard InChI is InChI=1S/C25H23ClN8O/c1-15(2)12-20(24-29-32-33-30-24)28-25(35)21-14-23(16-6-4-3-5-7-16)34(31-21)22-10-11-27-19-13-17(26)8-9-18(19)22/h3-11,13-15,20H,12H2,1-2H3,(H,28,35)(H,29,30,32,33)/t20-/m0/s1. The number of aromatic nitrogens is 7. The number of nitrogens with one attached hydrogen (secondary N) is 2. The summed E-state index contributed by atoms with van der Waals surface area (Å²) >= 11 is 6.18. The van der Waals surface area contributed by atoms with Gasteiger partial charge in [-0.15, -0.1) is 10.2 Å². The number of pyridine rings is 1. The molecule has 35 heavy (non-hydrogen) atoms. The fraction of sp³-hybridized carbons (Fsp3) is 0.200. The van der Waals surface area contributed by atoms with Gasteiger partial charge in [-0.05, 0) is 42.7 Å². The van der Waals surface area contributed by atoms with Crippen LogP contribution in [0.2, 0.25) is 5.02 Å². The quantitative estimate of drug-likeness (QED) is 0.342. The Hall–Kier alpha value is -4.11. The van der Waals surface area contributed by atoms with Crippen LogP contribution in [0.1, 0.15) is 42.6 Å². The second kappa shape index (κ2) is 9.63. The molecule has 5 aromatic rings. The minimum atomic E-state index is -0.393. The number of halogens is 1. The number of hydrogen-bond acceptors (Lipinski definition) is 6. The first-order valence-corrected chi connectivity index (χ1v) is 11.6. The number of tetrazole rings is 1. The number of benzene rings is 2. The van der Waals surface area contributed by atoms with E-state index in [-0.39, 0.29) is 11.6 Å². The summed E-state index contributed by atoms with van der Waals surface area (Å²) in [6.45, 7) is 4.14. The monoisotopic (exact) mass is 486 g/mol. The lowest BCUT2D eigenvalue weighted by molar-refractivity contribution is 0.0924. The van der Waals surface area contributed by atoms with Gasteiger partial charge < -0.3 is 5.32 Å². The van der Waals surface area contributed by atoms with E-state index < -0.39 is 6.04 Å². The van der Waals surface area contributed by atoms with E-state index in [9.17, 15) is 4.79 Å². The SMILES string of the molecule is CC(C)C[C@H](NC(=O)c1cc(-c2ccccc2)n(-c2ccnc3cc(Cl)ccc23)n1)c1nn[nH]n1. The molecular weight excluding hydrogens is 464 g/mol. The molecule has 1 atom stereocenters. The van der Waals surface area contributed by atoms with Crippen LogP contribution in [-0.4, -0.2) is 41.3 Å². The summed E-state index contributed by atoms with van der Waals surface area (Å²) < 4.78 is 1.77. The lowest BCUT2D eigenvalue weighted by Crippen LogP contribution is -2.30. The molecule has 0 saturated carbocycles. The van der Waals surface area contributed by atoms with E-state index in [4.69, 9.17) is 16.7 Å². The summed E-state index contributed by atoms with van der Waals surface area (Å²) in [7, 11) is 0. The van der Waals surface area contributed by atoms with Crippen molar-refractivity contribution in [2.45, 2.75) is 26.3 Å². The van der Waals surface area contributed by atoms with Crippen LogP contribution in [0, 0.1) is 5.92 Å². The summed E-state index contributed by atoms with van der Waals surface area (Å²) in [5, 5.41) is 23.5. The Labute approximate surface area is 206 Å². The molecule has 0 saturated heterocycles. The van der Waals surface area contributed by atoms with Crippen LogP contribution in [0.25, 0.3) is 27.8 Å². The van der Waals surface area contributed by atoms with E-state index in [1.165, 1.54) is 0 Å². The predicted octanol–water partition coefficient (Wildman–Crippen LogP) is 4.77. The fourth-order valence-electron chi connectivity index (χ4n) is 4.03. The molecule has 0 aliphatic heterocycles. The third-order valence-corrected chi connectivity index (χ3v) is 5.84. The molecule has 9 nitrogen and oxygen atoms in total. The number of carbonyl (C=O) groups is 1. The maximum atomic E-state index is 13.4. The van der Waals surface area contributed by atoms with Crippen LogP contribution in [0.5, 0.6) is 0 Å². The van der Waals surface area contributed by atoms with Crippen LogP contribution in [0.15, 0.2) is 66.9 Å². The second-order valence-corrected chi connectivity index (χ2v) is 9.05. The predicted molar refractivity (Wildman–Crippen MR) is 133 cm³/mol. The first-order chi connectivity index (χ1) is 17.0. The zero-order chi connectivity index (χ0) is 24.4. The molecule has 0 aliphatic carbocycles. The molecule has 0 fully saturated rings. The topological polar surface area (TPSA) is 114 Å². The van der Waals surface area contributed by atoms with Crippen molar-refractivity contribution < 1.29 is 4.79 Å². The third kappa shape index (κ3) is 4.76. The molecule has 1 amide bonds. The van der Waals surface area contributed by atoms with Gasteiger partial charge in [-0.1, -0.05) is 61.0 Å². The molecule has 176 valence electrons. The zero-order valence-electron chi connectivity index (χ0n) is 19.2. The van der Waals surface area contributed by atoms with Crippen LogP contribution in [-0.2, 0) is 0 Å². The van der Waals surface area contributed by atoms with Crippen LogP contribution >= 0.6 is 11.6 Å². The number of carbonyl (C=O) groups excluding carboxylic acids is 1. The first-order valence-electron chi connectivity index (χ1n) is 11.2. The van der Waals surface area contributed by atoms with E-state index >= 15 is 0 Å². The van der Waals surface area contributed by atoms with Crippen molar-refractivity contribution in [3.05, 3.63) is 83.4 Å². The van der Waals surface area contributed by atoms with Gasteiger partial charge in [-0.25, -0.2) is 4.68 Å². The molecule has 2 N–H and O–H groups in total. The van der Waals surface area contributed by atoms with E-state index in [0.717, 1.165) is 27.8 Å². The molecule has 0 radical (unpaired) electrons. The van der Waals surface area contributed by atoms with Crippen molar-refractivity contribution in [3.63, 3.8) is 0 Å². The molecular formula is C25H23ClN8O. The van der Waals surface area contributed by atoms with Crippen LogP contribution < -0.4 is 5.32 Å². The van der Waals surface area contributed by atoms with Crippen molar-refractivity contribution in [2.75, 3.05) is 0 Å². The maximum absolute atomic E-state index is 13.4. The van der Waals surface area contributed by atoms with Crippen molar-refractivity contribution >= 4 is 28.4 Å². The second-order valence-electron chi connectivity index (χ2n) is 8.61. The molecule has 0 spiro atoms. The van der Waals surface area contributed by atoms with Gasteiger partial charge in [0.15, 0.2) is 11.5 Å².